The van der Waals surface area contributed by atoms with Crippen LogP contribution in [0.15, 0.2) is 76.4 Å². The molecule has 0 unspecified atom stereocenters. The first kappa shape index (κ1) is 21.5. The van der Waals surface area contributed by atoms with Gasteiger partial charge in [0.15, 0.2) is 23.4 Å². The highest BCUT2D eigenvalue weighted by Crippen LogP contribution is 2.42. The number of benzene rings is 3. The van der Waals surface area contributed by atoms with E-state index in [2.05, 4.69) is 48.6 Å². The number of hydrogen-bond acceptors (Lipinski definition) is 8. The predicted molar refractivity (Wildman–Crippen MR) is 131 cm³/mol. The second kappa shape index (κ2) is 9.29. The molecule has 1 aromatic heterocycles. The van der Waals surface area contributed by atoms with Crippen LogP contribution < -0.4 is 14.8 Å². The molecule has 0 amide bonds. The van der Waals surface area contributed by atoms with E-state index in [4.69, 9.17) is 9.47 Å². The topological polar surface area (TPSA) is 89.4 Å². The van der Waals surface area contributed by atoms with Crippen molar-refractivity contribution >= 4 is 33.4 Å². The normalized spacial score (nSPS) is 14.3. The fourth-order valence-corrected chi connectivity index (χ4v) is 4.68. The molecule has 2 N–H and O–H groups in total. The summed E-state index contributed by atoms with van der Waals surface area (Å²) in [6.07, 6.45) is -0.595. The molecule has 1 atom stereocenters. The number of methoxy groups -OCH3 is 1. The Balaban J connectivity index is 1.52. The number of hydrogen-bond donors (Lipinski definition) is 2. The molecule has 2 heterocycles. The molecule has 0 radical (unpaired) electrons. The quantitative estimate of drug-likeness (QED) is 0.317. The number of thioether (sulfide) groups is 1. The van der Waals surface area contributed by atoms with E-state index in [1.165, 1.54) is 24.4 Å². The molecular weight excluding hydrogens is 504 g/mol. The Bertz CT molecular complexity index is 1310. The first-order valence-electron chi connectivity index (χ1n) is 10.1. The lowest BCUT2D eigenvalue weighted by molar-refractivity contribution is 0.224. The third-order valence-electron chi connectivity index (χ3n) is 5.12. The van der Waals surface area contributed by atoms with Crippen LogP contribution in [0.2, 0.25) is 0 Å². The van der Waals surface area contributed by atoms with Crippen LogP contribution in [-0.4, -0.2) is 27.4 Å². The smallest absolute Gasteiger partial charge is 0.247 e. The Labute approximate surface area is 203 Å². The van der Waals surface area contributed by atoms with Crippen LogP contribution in [0.4, 0.5) is 5.69 Å². The number of nitrogens with zero attached hydrogens (tertiary/aromatic N) is 3. The predicted octanol–water partition coefficient (Wildman–Crippen LogP) is 5.81. The molecule has 1 aliphatic rings. The number of para-hydroxylation sites is 1. The van der Waals surface area contributed by atoms with Gasteiger partial charge in [-0.1, -0.05) is 60.3 Å². The van der Waals surface area contributed by atoms with Gasteiger partial charge in [0.05, 0.1) is 11.6 Å². The van der Waals surface area contributed by atoms with Gasteiger partial charge in [0.25, 0.3) is 0 Å². The van der Waals surface area contributed by atoms with Crippen molar-refractivity contribution in [1.82, 2.24) is 15.2 Å². The van der Waals surface area contributed by atoms with E-state index in [-0.39, 0.29) is 5.75 Å². The largest absolute Gasteiger partial charge is 0.503 e. The Morgan fingerprint density at radius 2 is 1.88 bits per heavy atom. The summed E-state index contributed by atoms with van der Waals surface area (Å²) in [5.74, 6) is 1.47. The van der Waals surface area contributed by atoms with Gasteiger partial charge in [-0.05, 0) is 39.7 Å². The summed E-state index contributed by atoms with van der Waals surface area (Å²) in [5.41, 5.74) is 4.17. The van der Waals surface area contributed by atoms with Crippen molar-refractivity contribution in [1.29, 1.82) is 0 Å². The monoisotopic (exact) mass is 522 g/mol. The molecule has 0 spiro atoms. The van der Waals surface area contributed by atoms with Crippen LogP contribution in [0.5, 0.6) is 17.4 Å². The van der Waals surface area contributed by atoms with Crippen LogP contribution in [0.1, 0.15) is 17.4 Å². The van der Waals surface area contributed by atoms with Gasteiger partial charge >= 0.3 is 0 Å². The number of aromatic hydroxyl groups is 1. The summed E-state index contributed by atoms with van der Waals surface area (Å²) in [4.78, 5) is 4.68. The van der Waals surface area contributed by atoms with Crippen molar-refractivity contribution in [2.24, 2.45) is 0 Å². The minimum absolute atomic E-state index is 0.0271. The van der Waals surface area contributed by atoms with Crippen LogP contribution in [0.25, 0.3) is 11.3 Å². The molecule has 0 saturated heterocycles. The summed E-state index contributed by atoms with van der Waals surface area (Å²) in [6, 6.07) is 21.4. The van der Waals surface area contributed by atoms with E-state index in [1.54, 1.807) is 12.1 Å². The fourth-order valence-electron chi connectivity index (χ4n) is 3.48. The Morgan fingerprint density at radius 1 is 1.09 bits per heavy atom. The first-order valence-corrected chi connectivity index (χ1v) is 11.9. The van der Waals surface area contributed by atoms with Gasteiger partial charge in [0.1, 0.15) is 0 Å². The molecule has 3 aromatic carbocycles. The number of rotatable bonds is 5. The van der Waals surface area contributed by atoms with E-state index in [0.717, 1.165) is 22.6 Å². The average molecular weight is 523 g/mol. The first-order chi connectivity index (χ1) is 16.1. The van der Waals surface area contributed by atoms with E-state index >= 15 is 0 Å². The molecule has 0 bridgehead atoms. The second-order valence-corrected chi connectivity index (χ2v) is 9.06. The number of phenols is 1. The third kappa shape index (κ3) is 4.46. The highest BCUT2D eigenvalue weighted by molar-refractivity contribution is 9.10. The lowest BCUT2D eigenvalue weighted by Crippen LogP contribution is -2.17. The molecule has 0 saturated carbocycles. The third-order valence-corrected chi connectivity index (χ3v) is 6.63. The SMILES string of the molecule is COc1cc([C@H]2Nc3ccccc3-c3nnc(SCc4ccccc4)nc3O2)cc(Br)c1O. The van der Waals surface area contributed by atoms with E-state index in [0.29, 0.717) is 27.0 Å². The Morgan fingerprint density at radius 3 is 2.70 bits per heavy atom. The molecule has 33 heavy (non-hydrogen) atoms. The molecule has 166 valence electrons. The summed E-state index contributed by atoms with van der Waals surface area (Å²) in [5, 5.41) is 22.9. The van der Waals surface area contributed by atoms with E-state index < -0.39 is 6.23 Å². The zero-order valence-corrected chi connectivity index (χ0v) is 19.9. The maximum absolute atomic E-state index is 10.2. The highest BCUT2D eigenvalue weighted by Gasteiger charge is 2.27. The van der Waals surface area contributed by atoms with Crippen molar-refractivity contribution < 1.29 is 14.6 Å². The van der Waals surface area contributed by atoms with Gasteiger partial charge in [-0.3, -0.25) is 0 Å². The van der Waals surface area contributed by atoms with Crippen molar-refractivity contribution in [3.05, 3.63) is 82.3 Å². The van der Waals surface area contributed by atoms with Gasteiger partial charge in [-0.25, -0.2) is 0 Å². The van der Waals surface area contributed by atoms with Crippen molar-refractivity contribution in [3.8, 4) is 28.6 Å². The van der Waals surface area contributed by atoms with Crippen molar-refractivity contribution in [2.45, 2.75) is 17.1 Å². The van der Waals surface area contributed by atoms with Crippen LogP contribution >= 0.6 is 27.7 Å². The highest BCUT2D eigenvalue weighted by atomic mass is 79.9. The summed E-state index contributed by atoms with van der Waals surface area (Å²) in [7, 11) is 1.50. The number of ether oxygens (including phenoxy) is 2. The standard InChI is InChI=1S/C24H19BrN4O3S/c1-31-19-12-15(11-17(25)21(19)30)22-26-18-10-6-5-9-16(18)20-23(32-22)27-24(29-28-20)33-13-14-7-3-2-4-8-14/h2-12,22,26,30H,13H2,1H3/t22-/m0/s1. The number of aromatic nitrogens is 3. The van der Waals surface area contributed by atoms with Crippen LogP contribution in [0, 0.1) is 0 Å². The van der Waals surface area contributed by atoms with Gasteiger partial charge in [-0.2, -0.15) is 4.98 Å². The van der Waals surface area contributed by atoms with Crippen LogP contribution in [0.3, 0.4) is 0 Å². The summed E-state index contributed by atoms with van der Waals surface area (Å²) in [6.45, 7) is 0. The molecule has 9 heteroatoms. The minimum atomic E-state index is -0.595. The molecule has 4 aromatic rings. The fraction of sp³-hybridized carbons (Fsp3) is 0.125. The maximum Gasteiger partial charge on any atom is 0.247 e. The molecule has 1 aliphatic heterocycles. The zero-order valence-electron chi connectivity index (χ0n) is 17.5. The molecule has 0 fully saturated rings. The number of nitrogens with one attached hydrogen (secondary N) is 1. The minimum Gasteiger partial charge on any atom is -0.503 e. The molecule has 5 rings (SSSR count). The molecule has 7 nitrogen and oxygen atoms in total. The second-order valence-electron chi connectivity index (χ2n) is 7.26. The maximum atomic E-state index is 10.2. The van der Waals surface area contributed by atoms with E-state index in [9.17, 15) is 5.11 Å². The van der Waals surface area contributed by atoms with Crippen molar-refractivity contribution in [2.75, 3.05) is 12.4 Å². The Kier molecular flexibility index (Phi) is 6.06. The van der Waals surface area contributed by atoms with Crippen LogP contribution in [-0.2, 0) is 5.75 Å². The number of halogens is 1. The average Bonchev–Trinajstić information content (AvgIpc) is 3.01. The summed E-state index contributed by atoms with van der Waals surface area (Å²) >= 11 is 4.88. The van der Waals surface area contributed by atoms with Gasteiger partial charge in [-0.15, -0.1) is 10.2 Å². The molecular formula is C24H19BrN4O3S. The number of anilines is 1. The number of fused-ring (bicyclic) bond motifs is 3. The lowest BCUT2D eigenvalue weighted by atomic mass is 10.1. The van der Waals surface area contributed by atoms with Crippen molar-refractivity contribution in [3.63, 3.8) is 0 Å². The van der Waals surface area contributed by atoms with Gasteiger partial charge < -0.3 is 19.9 Å². The summed E-state index contributed by atoms with van der Waals surface area (Å²) < 4.78 is 12.1. The van der Waals surface area contributed by atoms with E-state index in [1.807, 2.05) is 42.5 Å². The lowest BCUT2D eigenvalue weighted by Gasteiger charge is -2.20. The molecule has 0 aliphatic carbocycles. The number of phenolic OH excluding ortho intramolecular Hbond substituents is 1. The van der Waals surface area contributed by atoms with Gasteiger partial charge in [0.2, 0.25) is 11.0 Å². The Hall–Kier alpha value is -3.30. The van der Waals surface area contributed by atoms with Gasteiger partial charge in [0, 0.05) is 22.6 Å². The zero-order chi connectivity index (χ0) is 22.8.